The number of hydrogen-bond donors (Lipinski definition) is 1. The molecule has 24 heavy (non-hydrogen) atoms. The smallest absolute Gasteiger partial charge is 0.227 e. The minimum atomic E-state index is 0.576. The van der Waals surface area contributed by atoms with Crippen LogP contribution in [-0.2, 0) is 6.54 Å². The molecule has 0 aliphatic heterocycles. The molecule has 2 N–H and O–H groups in total. The number of pyridine rings is 1. The highest BCUT2D eigenvalue weighted by Gasteiger charge is 2.21. The number of hydrogen-bond acceptors (Lipinski definition) is 5. The fourth-order valence-electron chi connectivity index (χ4n) is 3.36. The van der Waals surface area contributed by atoms with Crippen LogP contribution >= 0.6 is 0 Å². The van der Waals surface area contributed by atoms with E-state index in [0.717, 1.165) is 36.0 Å². The first kappa shape index (κ1) is 16.7. The Kier molecular flexibility index (Phi) is 5.28. The molecule has 1 saturated carbocycles. The van der Waals surface area contributed by atoms with E-state index in [1.807, 2.05) is 32.2 Å². The van der Waals surface area contributed by atoms with E-state index < -0.39 is 0 Å². The highest BCUT2D eigenvalue weighted by molar-refractivity contribution is 5.47. The Balaban J connectivity index is 1.85. The zero-order valence-corrected chi connectivity index (χ0v) is 14.7. The summed E-state index contributed by atoms with van der Waals surface area (Å²) in [5.41, 5.74) is 9.05. The van der Waals surface area contributed by atoms with Gasteiger partial charge in [-0.15, -0.1) is 0 Å². The first-order valence-corrected chi connectivity index (χ1v) is 8.89. The van der Waals surface area contributed by atoms with Crippen LogP contribution in [0.15, 0.2) is 24.4 Å². The van der Waals surface area contributed by atoms with Gasteiger partial charge in [0.2, 0.25) is 5.95 Å². The Morgan fingerprint density at radius 3 is 2.58 bits per heavy atom. The number of aromatic nitrogens is 3. The molecule has 0 saturated heterocycles. The number of nitrogen functional groups attached to an aromatic ring is 1. The van der Waals surface area contributed by atoms with E-state index in [1.165, 1.54) is 32.1 Å². The second-order valence-electron chi connectivity index (χ2n) is 6.82. The maximum atomic E-state index is 6.09. The quantitative estimate of drug-likeness (QED) is 0.908. The van der Waals surface area contributed by atoms with Crippen LogP contribution in [0, 0.1) is 19.8 Å². The number of aryl methyl sites for hydroxylation is 1. The van der Waals surface area contributed by atoms with E-state index >= 15 is 0 Å². The average molecular weight is 325 g/mol. The Bertz CT molecular complexity index is 642. The van der Waals surface area contributed by atoms with Crippen molar-refractivity contribution in [3.8, 4) is 0 Å². The largest absolute Gasteiger partial charge is 0.383 e. The topological polar surface area (TPSA) is 67.9 Å². The Morgan fingerprint density at radius 2 is 1.92 bits per heavy atom. The molecular weight excluding hydrogens is 298 g/mol. The van der Waals surface area contributed by atoms with Gasteiger partial charge in [-0.25, -0.2) is 4.98 Å². The number of nitrogens with zero attached hydrogens (tertiary/aromatic N) is 4. The second-order valence-corrected chi connectivity index (χ2v) is 6.82. The van der Waals surface area contributed by atoms with Crippen LogP contribution in [0.1, 0.15) is 49.1 Å². The van der Waals surface area contributed by atoms with Crippen LogP contribution in [0.3, 0.4) is 0 Å². The molecule has 5 heteroatoms. The van der Waals surface area contributed by atoms with E-state index in [9.17, 15) is 0 Å². The highest BCUT2D eigenvalue weighted by atomic mass is 15.3. The fourth-order valence-corrected chi connectivity index (χ4v) is 3.36. The summed E-state index contributed by atoms with van der Waals surface area (Å²) >= 11 is 0. The summed E-state index contributed by atoms with van der Waals surface area (Å²) in [5, 5.41) is 0. The van der Waals surface area contributed by atoms with Gasteiger partial charge in [-0.1, -0.05) is 25.3 Å². The number of nitrogens with two attached hydrogens (primary N) is 1. The third-order valence-electron chi connectivity index (χ3n) is 4.98. The predicted octanol–water partition coefficient (Wildman–Crippen LogP) is 3.66. The summed E-state index contributed by atoms with van der Waals surface area (Å²) in [4.78, 5) is 16.0. The summed E-state index contributed by atoms with van der Waals surface area (Å²) in [6.07, 6.45) is 8.45. The van der Waals surface area contributed by atoms with Gasteiger partial charge in [-0.05, 0) is 44.7 Å². The fraction of sp³-hybridized carbons (Fsp3) is 0.526. The summed E-state index contributed by atoms with van der Waals surface area (Å²) in [6.45, 7) is 5.66. The molecule has 1 aliphatic rings. The van der Waals surface area contributed by atoms with E-state index in [2.05, 4.69) is 20.9 Å². The van der Waals surface area contributed by atoms with Gasteiger partial charge >= 0.3 is 0 Å². The molecular formula is C19H27N5. The zero-order valence-electron chi connectivity index (χ0n) is 14.7. The normalized spacial score (nSPS) is 15.4. The zero-order chi connectivity index (χ0) is 16.9. The Morgan fingerprint density at radius 1 is 1.12 bits per heavy atom. The highest BCUT2D eigenvalue weighted by Crippen LogP contribution is 2.27. The van der Waals surface area contributed by atoms with Crippen LogP contribution in [-0.4, -0.2) is 21.5 Å². The van der Waals surface area contributed by atoms with Gasteiger partial charge in [0, 0.05) is 24.0 Å². The maximum Gasteiger partial charge on any atom is 0.227 e. The van der Waals surface area contributed by atoms with E-state index in [4.69, 9.17) is 10.7 Å². The van der Waals surface area contributed by atoms with Crippen LogP contribution in [0.5, 0.6) is 0 Å². The minimum absolute atomic E-state index is 0.576. The lowest BCUT2D eigenvalue weighted by molar-refractivity contribution is 0.356. The van der Waals surface area contributed by atoms with E-state index in [0.29, 0.717) is 11.7 Å². The first-order valence-electron chi connectivity index (χ1n) is 8.89. The maximum absolute atomic E-state index is 6.09. The monoisotopic (exact) mass is 325 g/mol. The molecule has 0 bridgehead atoms. The summed E-state index contributed by atoms with van der Waals surface area (Å²) in [7, 11) is 0. The van der Waals surface area contributed by atoms with Crippen LogP contribution in [0.25, 0.3) is 0 Å². The molecule has 0 spiro atoms. The van der Waals surface area contributed by atoms with Gasteiger partial charge < -0.3 is 10.6 Å². The summed E-state index contributed by atoms with van der Waals surface area (Å²) in [5.74, 6) is 2.01. The van der Waals surface area contributed by atoms with Gasteiger partial charge in [-0.3, -0.25) is 4.98 Å². The van der Waals surface area contributed by atoms with E-state index in [-0.39, 0.29) is 0 Å². The molecule has 3 rings (SSSR count). The molecule has 2 heterocycles. The van der Waals surface area contributed by atoms with Crippen molar-refractivity contribution in [2.75, 3.05) is 17.2 Å². The van der Waals surface area contributed by atoms with Crippen molar-refractivity contribution in [2.45, 2.75) is 52.5 Å². The van der Waals surface area contributed by atoms with Gasteiger partial charge in [0.15, 0.2) is 0 Å². The van der Waals surface area contributed by atoms with Gasteiger partial charge in [0.1, 0.15) is 5.82 Å². The molecule has 0 aromatic carbocycles. The van der Waals surface area contributed by atoms with Crippen molar-refractivity contribution >= 4 is 11.8 Å². The molecule has 1 aliphatic carbocycles. The molecule has 128 valence electrons. The van der Waals surface area contributed by atoms with Crippen LogP contribution in [0.4, 0.5) is 11.8 Å². The summed E-state index contributed by atoms with van der Waals surface area (Å²) in [6, 6.07) is 6.02. The van der Waals surface area contributed by atoms with Crippen molar-refractivity contribution in [2.24, 2.45) is 5.92 Å². The standard InChI is InChI=1S/C19H27N5/c1-14-15(2)22-19(23-18(14)20)24(12-16-8-4-3-5-9-16)13-17-10-6-7-11-21-17/h6-7,10-11,16H,3-5,8-9,12-13H2,1-2H3,(H2,20,22,23). The van der Waals surface area contributed by atoms with Gasteiger partial charge in [-0.2, -0.15) is 4.98 Å². The molecule has 5 nitrogen and oxygen atoms in total. The Labute approximate surface area is 144 Å². The lowest BCUT2D eigenvalue weighted by Crippen LogP contribution is -2.32. The lowest BCUT2D eigenvalue weighted by atomic mass is 9.89. The molecule has 0 unspecified atom stereocenters. The molecule has 2 aromatic heterocycles. The predicted molar refractivity (Wildman–Crippen MR) is 97.8 cm³/mol. The van der Waals surface area contributed by atoms with E-state index in [1.54, 1.807) is 0 Å². The third-order valence-corrected chi connectivity index (χ3v) is 4.98. The van der Waals surface area contributed by atoms with Gasteiger partial charge in [0.25, 0.3) is 0 Å². The lowest BCUT2D eigenvalue weighted by Gasteiger charge is -2.30. The van der Waals surface area contributed by atoms with Crippen molar-refractivity contribution < 1.29 is 0 Å². The third kappa shape index (κ3) is 4.02. The molecule has 0 atom stereocenters. The minimum Gasteiger partial charge on any atom is -0.383 e. The number of rotatable bonds is 5. The molecule has 0 amide bonds. The Hall–Kier alpha value is -2.17. The number of anilines is 2. The molecule has 0 radical (unpaired) electrons. The van der Waals surface area contributed by atoms with Crippen molar-refractivity contribution in [3.63, 3.8) is 0 Å². The van der Waals surface area contributed by atoms with Crippen molar-refractivity contribution in [1.82, 2.24) is 15.0 Å². The SMILES string of the molecule is Cc1nc(N(Cc2ccccn2)CC2CCCCC2)nc(N)c1C. The molecule has 2 aromatic rings. The van der Waals surface area contributed by atoms with Gasteiger partial charge in [0.05, 0.1) is 12.2 Å². The van der Waals surface area contributed by atoms with Crippen LogP contribution in [0.2, 0.25) is 0 Å². The molecule has 1 fully saturated rings. The van der Waals surface area contributed by atoms with Crippen molar-refractivity contribution in [3.05, 3.63) is 41.3 Å². The first-order chi connectivity index (χ1) is 11.6. The van der Waals surface area contributed by atoms with Crippen LogP contribution < -0.4 is 10.6 Å². The average Bonchev–Trinajstić information content (AvgIpc) is 2.60. The van der Waals surface area contributed by atoms with Crippen molar-refractivity contribution in [1.29, 1.82) is 0 Å². The second kappa shape index (κ2) is 7.60. The summed E-state index contributed by atoms with van der Waals surface area (Å²) < 4.78 is 0.